The Labute approximate surface area is 223 Å². The number of fused-ring (bicyclic) bond motifs is 3. The molecule has 1 saturated carbocycles. The maximum atomic E-state index is 13.8. The first-order valence-corrected chi connectivity index (χ1v) is 13.0. The molecule has 39 heavy (non-hydrogen) atoms. The lowest BCUT2D eigenvalue weighted by molar-refractivity contribution is -0.286. The van der Waals surface area contributed by atoms with Crippen LogP contribution in [0.5, 0.6) is 28.7 Å². The van der Waals surface area contributed by atoms with Crippen molar-refractivity contribution in [3.63, 3.8) is 0 Å². The number of hydrogen-bond donors (Lipinski definition) is 2. The van der Waals surface area contributed by atoms with Crippen LogP contribution in [0.4, 0.5) is 8.78 Å². The lowest BCUT2D eigenvalue weighted by Crippen LogP contribution is -2.47. The molecule has 0 saturated heterocycles. The summed E-state index contributed by atoms with van der Waals surface area (Å²) in [5.41, 5.74) is 0.0734. The second-order valence-electron chi connectivity index (χ2n) is 10.9. The fraction of sp³-hybridized carbons (Fsp3) is 0.500. The number of hydrogen-bond acceptors (Lipinski definition) is 7. The monoisotopic (exact) mass is 545 g/mol. The highest BCUT2D eigenvalue weighted by atomic mass is 19.3. The van der Waals surface area contributed by atoms with Gasteiger partial charge in [-0.1, -0.05) is 0 Å². The van der Waals surface area contributed by atoms with Gasteiger partial charge in [0.15, 0.2) is 11.5 Å². The molecule has 6 rings (SSSR count). The summed E-state index contributed by atoms with van der Waals surface area (Å²) >= 11 is 0. The molecule has 208 valence electrons. The van der Waals surface area contributed by atoms with Gasteiger partial charge in [-0.3, -0.25) is 9.59 Å². The fourth-order valence-electron chi connectivity index (χ4n) is 6.10. The smallest absolute Gasteiger partial charge is 0.497 e. The molecule has 0 spiro atoms. The SMILES string of the molecule is COc1ccc2c(c1)O[C@H]([C@H]1CC[C@H](C(=O)O)CC1)C[C@@H]2NC(=O)[C@@]1(C)COc2cc3c(cc21)OC(F)(F)O3. The van der Waals surface area contributed by atoms with Crippen molar-refractivity contribution in [2.75, 3.05) is 13.7 Å². The van der Waals surface area contributed by atoms with Crippen LogP contribution in [0.3, 0.4) is 0 Å². The number of carbonyl (C=O) groups is 2. The van der Waals surface area contributed by atoms with Crippen LogP contribution in [-0.2, 0) is 15.0 Å². The van der Waals surface area contributed by atoms with Crippen LogP contribution < -0.4 is 29.0 Å². The van der Waals surface area contributed by atoms with E-state index in [2.05, 4.69) is 14.8 Å². The standard InChI is InChI=1S/C28H29F2NO8/c1-27(13-36-22-12-24-23(10-18(22)27)38-28(29,30)39-24)26(34)31-19-11-20(14-3-5-15(6-4-14)25(32)33)37-21-9-16(35-2)7-8-17(19)21/h7-10,12,14-15,19-20H,3-6,11,13H2,1-2H3,(H,31,34)(H,32,33)/t14-,15-,19-,20-,27-/m0/s1. The average molecular weight is 546 g/mol. The molecule has 4 aliphatic rings. The van der Waals surface area contributed by atoms with Gasteiger partial charge in [0.05, 0.1) is 19.1 Å². The van der Waals surface area contributed by atoms with Gasteiger partial charge in [-0.05, 0) is 56.7 Å². The highest BCUT2D eigenvalue weighted by molar-refractivity contribution is 5.90. The van der Waals surface area contributed by atoms with Gasteiger partial charge in [0.2, 0.25) is 5.91 Å². The van der Waals surface area contributed by atoms with E-state index in [1.54, 1.807) is 26.2 Å². The van der Waals surface area contributed by atoms with Crippen LogP contribution in [-0.4, -0.2) is 43.1 Å². The molecular weight excluding hydrogens is 516 g/mol. The largest absolute Gasteiger partial charge is 0.586 e. The summed E-state index contributed by atoms with van der Waals surface area (Å²) in [5.74, 6) is -0.0662. The molecule has 11 heteroatoms. The number of methoxy groups -OCH3 is 1. The number of nitrogens with one attached hydrogen (secondary N) is 1. The van der Waals surface area contributed by atoms with Gasteiger partial charge >= 0.3 is 12.3 Å². The number of aliphatic carboxylic acids is 1. The Morgan fingerprint density at radius 2 is 1.74 bits per heavy atom. The van der Waals surface area contributed by atoms with Crippen molar-refractivity contribution in [2.24, 2.45) is 11.8 Å². The highest BCUT2D eigenvalue weighted by Crippen LogP contribution is 2.50. The molecule has 3 heterocycles. The van der Waals surface area contributed by atoms with E-state index in [1.807, 2.05) is 6.07 Å². The molecule has 2 N–H and O–H groups in total. The molecule has 0 radical (unpaired) electrons. The minimum Gasteiger partial charge on any atom is -0.497 e. The zero-order chi connectivity index (χ0) is 27.5. The number of alkyl halides is 2. The highest BCUT2D eigenvalue weighted by Gasteiger charge is 2.49. The third-order valence-electron chi connectivity index (χ3n) is 8.41. The molecule has 9 nitrogen and oxygen atoms in total. The average Bonchev–Trinajstić information content (AvgIpc) is 3.41. The number of ether oxygens (including phenoxy) is 5. The lowest BCUT2D eigenvalue weighted by Gasteiger charge is -2.39. The Morgan fingerprint density at radius 3 is 2.44 bits per heavy atom. The molecule has 2 aromatic rings. The number of carbonyl (C=O) groups excluding carboxylic acids is 1. The Hall–Kier alpha value is -3.76. The minimum atomic E-state index is -3.78. The van der Waals surface area contributed by atoms with E-state index in [1.165, 1.54) is 12.1 Å². The van der Waals surface area contributed by atoms with Crippen molar-refractivity contribution in [3.05, 3.63) is 41.5 Å². The molecule has 0 unspecified atom stereocenters. The second-order valence-corrected chi connectivity index (χ2v) is 10.9. The number of rotatable bonds is 5. The van der Waals surface area contributed by atoms with Gasteiger partial charge in [-0.15, -0.1) is 8.78 Å². The molecule has 1 amide bonds. The molecule has 3 aliphatic heterocycles. The summed E-state index contributed by atoms with van der Waals surface area (Å²) in [6.07, 6.45) is -0.879. The van der Waals surface area contributed by atoms with Crippen LogP contribution in [0.1, 0.15) is 56.2 Å². The summed E-state index contributed by atoms with van der Waals surface area (Å²) in [6, 6.07) is 7.76. The van der Waals surface area contributed by atoms with Crippen molar-refractivity contribution >= 4 is 11.9 Å². The molecule has 1 fully saturated rings. The number of carboxylic acids is 1. The number of halogens is 2. The molecule has 3 atom stereocenters. The van der Waals surface area contributed by atoms with Gasteiger partial charge in [-0.2, -0.15) is 0 Å². The Kier molecular flexibility index (Phi) is 6.00. The quantitative estimate of drug-likeness (QED) is 0.562. The third kappa shape index (κ3) is 4.47. The summed E-state index contributed by atoms with van der Waals surface area (Å²) in [6.45, 7) is 1.72. The topological polar surface area (TPSA) is 113 Å². The summed E-state index contributed by atoms with van der Waals surface area (Å²) in [5, 5.41) is 12.5. The Morgan fingerprint density at radius 1 is 1.03 bits per heavy atom. The van der Waals surface area contributed by atoms with E-state index in [-0.39, 0.29) is 47.7 Å². The summed E-state index contributed by atoms with van der Waals surface area (Å²) < 4.78 is 53.9. The van der Waals surface area contributed by atoms with E-state index in [0.717, 1.165) is 18.4 Å². The first-order valence-electron chi connectivity index (χ1n) is 13.0. The van der Waals surface area contributed by atoms with Crippen molar-refractivity contribution in [2.45, 2.75) is 62.9 Å². The molecule has 1 aliphatic carbocycles. The summed E-state index contributed by atoms with van der Waals surface area (Å²) in [7, 11) is 1.56. The van der Waals surface area contributed by atoms with Crippen molar-refractivity contribution in [1.29, 1.82) is 0 Å². The number of amides is 1. The van der Waals surface area contributed by atoms with E-state index in [0.29, 0.717) is 36.3 Å². The van der Waals surface area contributed by atoms with E-state index in [9.17, 15) is 23.5 Å². The molecule has 2 aromatic carbocycles. The normalized spacial score (nSPS) is 29.8. The molecular formula is C28H29F2NO8. The van der Waals surface area contributed by atoms with Crippen LogP contribution >= 0.6 is 0 Å². The van der Waals surface area contributed by atoms with Crippen molar-refractivity contribution in [3.8, 4) is 28.7 Å². The number of carboxylic acid groups (broad SMARTS) is 1. The zero-order valence-corrected chi connectivity index (χ0v) is 21.5. The minimum absolute atomic E-state index is 0.0226. The van der Waals surface area contributed by atoms with Gasteiger partial charge < -0.3 is 34.1 Å². The maximum Gasteiger partial charge on any atom is 0.586 e. The first kappa shape index (κ1) is 25.5. The van der Waals surface area contributed by atoms with Gasteiger partial charge in [0.1, 0.15) is 35.4 Å². The fourth-order valence-corrected chi connectivity index (χ4v) is 6.10. The van der Waals surface area contributed by atoms with E-state index < -0.39 is 23.7 Å². The predicted molar refractivity (Wildman–Crippen MR) is 131 cm³/mol. The van der Waals surface area contributed by atoms with Crippen LogP contribution in [0.25, 0.3) is 0 Å². The lowest BCUT2D eigenvalue weighted by atomic mass is 9.76. The maximum absolute atomic E-state index is 13.8. The molecule has 0 aromatic heterocycles. The van der Waals surface area contributed by atoms with E-state index in [4.69, 9.17) is 14.2 Å². The Bertz CT molecular complexity index is 1320. The van der Waals surface area contributed by atoms with Gasteiger partial charge in [-0.25, -0.2) is 0 Å². The second kappa shape index (κ2) is 9.17. The van der Waals surface area contributed by atoms with Crippen molar-refractivity contribution in [1.82, 2.24) is 5.32 Å². The zero-order valence-electron chi connectivity index (χ0n) is 21.5. The van der Waals surface area contributed by atoms with Crippen LogP contribution in [0.2, 0.25) is 0 Å². The Balaban J connectivity index is 1.25. The van der Waals surface area contributed by atoms with Gasteiger partial charge in [0, 0.05) is 29.7 Å². The predicted octanol–water partition coefficient (Wildman–Crippen LogP) is 4.57. The summed E-state index contributed by atoms with van der Waals surface area (Å²) in [4.78, 5) is 25.2. The number of benzene rings is 2. The van der Waals surface area contributed by atoms with Gasteiger partial charge in [0.25, 0.3) is 0 Å². The van der Waals surface area contributed by atoms with Crippen molar-refractivity contribution < 1.29 is 47.2 Å². The van der Waals surface area contributed by atoms with E-state index >= 15 is 0 Å². The van der Waals surface area contributed by atoms with Crippen LogP contribution in [0.15, 0.2) is 30.3 Å². The van der Waals surface area contributed by atoms with Crippen LogP contribution in [0, 0.1) is 11.8 Å². The first-order chi connectivity index (χ1) is 18.6. The third-order valence-corrected chi connectivity index (χ3v) is 8.41. The molecule has 0 bridgehead atoms.